The highest BCUT2D eigenvalue weighted by Crippen LogP contribution is 2.35. The summed E-state index contributed by atoms with van der Waals surface area (Å²) in [6, 6.07) is 11.2. The number of phenols is 1. The fourth-order valence-corrected chi connectivity index (χ4v) is 3.21. The molecule has 6 nitrogen and oxygen atoms in total. The monoisotopic (exact) mass is 339 g/mol. The smallest absolute Gasteiger partial charge is 0.161 e. The van der Waals surface area contributed by atoms with E-state index in [-0.39, 0.29) is 11.9 Å². The Balaban J connectivity index is 1.75. The number of methoxy groups -OCH3 is 1. The lowest BCUT2D eigenvalue weighted by molar-refractivity contribution is 0.120. The van der Waals surface area contributed by atoms with E-state index >= 15 is 0 Å². The summed E-state index contributed by atoms with van der Waals surface area (Å²) in [7, 11) is 1.54. The maximum absolute atomic E-state index is 9.86. The van der Waals surface area contributed by atoms with E-state index in [0.717, 1.165) is 48.7 Å². The van der Waals surface area contributed by atoms with Gasteiger partial charge in [-0.3, -0.25) is 4.40 Å². The molecule has 1 atom stereocenters. The van der Waals surface area contributed by atoms with Crippen LogP contribution >= 0.6 is 0 Å². The number of rotatable bonds is 5. The lowest BCUT2D eigenvalue weighted by atomic mass is 10.1. The van der Waals surface area contributed by atoms with Gasteiger partial charge in [-0.05, 0) is 43.2 Å². The normalized spacial score (nSPS) is 17.1. The summed E-state index contributed by atoms with van der Waals surface area (Å²) in [6.45, 7) is 1.58. The molecule has 0 radical (unpaired) electrons. The molecule has 1 aliphatic rings. The Morgan fingerprint density at radius 3 is 3.08 bits per heavy atom. The second-order valence-corrected chi connectivity index (χ2v) is 6.14. The van der Waals surface area contributed by atoms with Crippen molar-refractivity contribution in [2.24, 2.45) is 0 Å². The Kier molecular flexibility index (Phi) is 4.19. The van der Waals surface area contributed by atoms with Gasteiger partial charge in [0.15, 0.2) is 11.5 Å². The molecule has 3 aromatic rings. The average molecular weight is 339 g/mol. The number of pyridine rings is 1. The van der Waals surface area contributed by atoms with E-state index in [4.69, 9.17) is 14.5 Å². The van der Waals surface area contributed by atoms with E-state index < -0.39 is 0 Å². The van der Waals surface area contributed by atoms with Crippen molar-refractivity contribution in [2.75, 3.05) is 25.6 Å². The minimum atomic E-state index is 0.115. The summed E-state index contributed by atoms with van der Waals surface area (Å²) in [5.74, 6) is 1.46. The van der Waals surface area contributed by atoms with Crippen LogP contribution in [0.4, 0.5) is 5.82 Å². The number of phenolic OH excluding ortho intramolecular Hbond substituents is 1. The van der Waals surface area contributed by atoms with Crippen LogP contribution in [0.3, 0.4) is 0 Å². The molecular formula is C19H21N3O3. The van der Waals surface area contributed by atoms with Crippen LogP contribution in [-0.4, -0.2) is 40.9 Å². The van der Waals surface area contributed by atoms with E-state index in [2.05, 4.69) is 5.32 Å². The van der Waals surface area contributed by atoms with E-state index in [1.165, 1.54) is 0 Å². The van der Waals surface area contributed by atoms with E-state index in [1.807, 2.05) is 34.9 Å². The van der Waals surface area contributed by atoms with Gasteiger partial charge in [-0.15, -0.1) is 0 Å². The van der Waals surface area contributed by atoms with Gasteiger partial charge in [0.1, 0.15) is 17.2 Å². The van der Waals surface area contributed by atoms with Gasteiger partial charge >= 0.3 is 0 Å². The number of imidazole rings is 1. The number of anilines is 1. The summed E-state index contributed by atoms with van der Waals surface area (Å²) in [5, 5.41) is 13.4. The molecule has 25 heavy (non-hydrogen) atoms. The third kappa shape index (κ3) is 3.00. The van der Waals surface area contributed by atoms with Gasteiger partial charge in [-0.2, -0.15) is 0 Å². The summed E-state index contributed by atoms with van der Waals surface area (Å²) in [6.07, 6.45) is 4.41. The van der Waals surface area contributed by atoms with Crippen LogP contribution in [0.5, 0.6) is 11.5 Å². The SMILES string of the molecule is COc1cc(-c2nc3ccccn3c2NC[C@H]2CCCO2)ccc1O. The number of aromatic hydroxyl groups is 1. The van der Waals surface area contributed by atoms with Gasteiger partial charge in [0.25, 0.3) is 0 Å². The minimum Gasteiger partial charge on any atom is -0.504 e. The number of nitrogens with zero attached hydrogens (tertiary/aromatic N) is 2. The minimum absolute atomic E-state index is 0.115. The molecule has 4 rings (SSSR count). The number of ether oxygens (including phenoxy) is 2. The lowest BCUT2D eigenvalue weighted by Gasteiger charge is -2.13. The molecule has 1 fully saturated rings. The Labute approximate surface area is 146 Å². The summed E-state index contributed by atoms with van der Waals surface area (Å²) in [4.78, 5) is 4.76. The number of fused-ring (bicyclic) bond motifs is 1. The van der Waals surface area contributed by atoms with Crippen molar-refractivity contribution in [3.63, 3.8) is 0 Å². The zero-order valence-corrected chi connectivity index (χ0v) is 14.1. The summed E-state index contributed by atoms with van der Waals surface area (Å²) < 4.78 is 13.0. The van der Waals surface area contributed by atoms with Crippen LogP contribution in [0.1, 0.15) is 12.8 Å². The Hall–Kier alpha value is -2.73. The zero-order chi connectivity index (χ0) is 17.2. The fourth-order valence-electron chi connectivity index (χ4n) is 3.21. The first-order valence-corrected chi connectivity index (χ1v) is 8.46. The third-order valence-electron chi connectivity index (χ3n) is 4.50. The van der Waals surface area contributed by atoms with Crippen molar-refractivity contribution in [2.45, 2.75) is 18.9 Å². The van der Waals surface area contributed by atoms with Gasteiger partial charge in [-0.25, -0.2) is 4.98 Å². The third-order valence-corrected chi connectivity index (χ3v) is 4.50. The van der Waals surface area contributed by atoms with Crippen LogP contribution in [0.25, 0.3) is 16.9 Å². The Morgan fingerprint density at radius 2 is 2.28 bits per heavy atom. The Morgan fingerprint density at radius 1 is 1.36 bits per heavy atom. The molecule has 0 aliphatic carbocycles. The maximum Gasteiger partial charge on any atom is 0.161 e. The largest absolute Gasteiger partial charge is 0.504 e. The number of aromatic nitrogens is 2. The van der Waals surface area contributed by atoms with Crippen LogP contribution in [-0.2, 0) is 4.74 Å². The summed E-state index contributed by atoms with van der Waals surface area (Å²) in [5.41, 5.74) is 2.56. The molecule has 2 aromatic heterocycles. The first-order valence-electron chi connectivity index (χ1n) is 8.46. The quantitative estimate of drug-likeness (QED) is 0.746. The van der Waals surface area contributed by atoms with Crippen molar-refractivity contribution in [3.05, 3.63) is 42.6 Å². The molecule has 2 N–H and O–H groups in total. The van der Waals surface area contributed by atoms with Crippen molar-refractivity contribution in [3.8, 4) is 22.8 Å². The number of benzene rings is 1. The van der Waals surface area contributed by atoms with Crippen molar-refractivity contribution in [1.82, 2.24) is 9.38 Å². The number of hydrogen-bond acceptors (Lipinski definition) is 5. The molecule has 1 saturated heterocycles. The van der Waals surface area contributed by atoms with Crippen molar-refractivity contribution >= 4 is 11.5 Å². The molecule has 0 saturated carbocycles. The molecule has 130 valence electrons. The highest BCUT2D eigenvalue weighted by molar-refractivity contribution is 5.78. The van der Waals surface area contributed by atoms with Gasteiger partial charge in [0.05, 0.1) is 13.2 Å². The fraction of sp³-hybridized carbons (Fsp3) is 0.316. The standard InChI is InChI=1S/C19H21N3O3/c1-24-16-11-13(7-8-15(16)23)18-19(20-12-14-5-4-10-25-14)22-9-3-2-6-17(22)21-18/h2-3,6-9,11,14,20,23H,4-5,10,12H2,1H3/t14-/m1/s1. The van der Waals surface area contributed by atoms with Gasteiger partial charge < -0.3 is 19.9 Å². The zero-order valence-electron chi connectivity index (χ0n) is 14.1. The highest BCUT2D eigenvalue weighted by atomic mass is 16.5. The molecule has 0 spiro atoms. The number of nitrogens with one attached hydrogen (secondary N) is 1. The van der Waals surface area contributed by atoms with Crippen molar-refractivity contribution < 1.29 is 14.6 Å². The van der Waals surface area contributed by atoms with E-state index in [9.17, 15) is 5.11 Å². The average Bonchev–Trinajstić information content (AvgIpc) is 3.28. The molecule has 3 heterocycles. The first kappa shape index (κ1) is 15.8. The first-order chi connectivity index (χ1) is 12.3. The van der Waals surface area contributed by atoms with E-state index in [0.29, 0.717) is 5.75 Å². The predicted molar refractivity (Wildman–Crippen MR) is 96.3 cm³/mol. The molecule has 1 aromatic carbocycles. The summed E-state index contributed by atoms with van der Waals surface area (Å²) >= 11 is 0. The number of hydrogen-bond donors (Lipinski definition) is 2. The maximum atomic E-state index is 9.86. The predicted octanol–water partition coefficient (Wildman–Crippen LogP) is 3.31. The highest BCUT2D eigenvalue weighted by Gasteiger charge is 2.19. The lowest BCUT2D eigenvalue weighted by Crippen LogP contribution is -2.19. The molecule has 1 aliphatic heterocycles. The van der Waals surface area contributed by atoms with Gasteiger partial charge in [0, 0.05) is 24.9 Å². The van der Waals surface area contributed by atoms with Crippen LogP contribution in [0.15, 0.2) is 42.6 Å². The van der Waals surface area contributed by atoms with E-state index in [1.54, 1.807) is 19.2 Å². The van der Waals surface area contributed by atoms with Crippen LogP contribution < -0.4 is 10.1 Å². The van der Waals surface area contributed by atoms with Gasteiger partial charge in [-0.1, -0.05) is 6.07 Å². The molecule has 0 amide bonds. The van der Waals surface area contributed by atoms with Crippen LogP contribution in [0.2, 0.25) is 0 Å². The molecular weight excluding hydrogens is 318 g/mol. The van der Waals surface area contributed by atoms with Gasteiger partial charge in [0.2, 0.25) is 0 Å². The second-order valence-electron chi connectivity index (χ2n) is 6.14. The molecule has 0 unspecified atom stereocenters. The molecule has 0 bridgehead atoms. The topological polar surface area (TPSA) is 68.0 Å². The Bertz CT molecular complexity index is 885. The molecule has 6 heteroatoms. The van der Waals surface area contributed by atoms with Crippen molar-refractivity contribution in [1.29, 1.82) is 0 Å². The van der Waals surface area contributed by atoms with Crippen LogP contribution in [0, 0.1) is 0 Å². The second kappa shape index (κ2) is 6.64.